The molecule has 0 bridgehead atoms. The summed E-state index contributed by atoms with van der Waals surface area (Å²) < 4.78 is 9.70. The first kappa shape index (κ1) is 33.8. The molecular formula is C54H32BrN3O. The number of furan rings is 1. The molecule has 0 radical (unpaired) electrons. The van der Waals surface area contributed by atoms with E-state index >= 15 is 0 Å². The molecule has 5 heteroatoms. The minimum atomic E-state index is 0.639. The van der Waals surface area contributed by atoms with Crippen molar-refractivity contribution in [1.29, 1.82) is 0 Å². The van der Waals surface area contributed by atoms with Crippen LogP contribution in [0.3, 0.4) is 0 Å². The molecule has 0 unspecified atom stereocenters. The summed E-state index contributed by atoms with van der Waals surface area (Å²) in [6, 6.07) is 68.6. The van der Waals surface area contributed by atoms with Crippen LogP contribution < -0.4 is 0 Å². The van der Waals surface area contributed by atoms with Gasteiger partial charge in [-0.2, -0.15) is 0 Å². The smallest absolute Gasteiger partial charge is 0.235 e. The van der Waals surface area contributed by atoms with Gasteiger partial charge in [-0.25, -0.2) is 9.97 Å². The number of halogens is 1. The molecule has 3 heterocycles. The molecule has 0 aliphatic carbocycles. The van der Waals surface area contributed by atoms with Gasteiger partial charge in [0.25, 0.3) is 0 Å². The topological polar surface area (TPSA) is 43.9 Å². The normalized spacial score (nSPS) is 11.8. The third kappa shape index (κ3) is 5.43. The van der Waals surface area contributed by atoms with Crippen LogP contribution in [0, 0.1) is 0 Å². The maximum absolute atomic E-state index is 6.52. The molecule has 0 fully saturated rings. The van der Waals surface area contributed by atoms with E-state index in [2.05, 4.69) is 209 Å². The van der Waals surface area contributed by atoms with Crippen LogP contribution in [-0.4, -0.2) is 14.5 Å². The lowest BCUT2D eigenvalue weighted by atomic mass is 9.99. The summed E-state index contributed by atoms with van der Waals surface area (Å²) in [6.07, 6.45) is 0. The fourth-order valence-corrected chi connectivity index (χ4v) is 9.44. The van der Waals surface area contributed by atoms with Crippen LogP contribution in [0.1, 0.15) is 0 Å². The molecule has 0 N–H and O–H groups in total. The first-order valence-corrected chi connectivity index (χ1v) is 20.6. The van der Waals surface area contributed by atoms with Gasteiger partial charge in [-0.1, -0.05) is 158 Å². The highest BCUT2D eigenvalue weighted by atomic mass is 79.9. The largest absolute Gasteiger partial charge is 0.455 e. The lowest BCUT2D eigenvalue weighted by Crippen LogP contribution is -2.03. The van der Waals surface area contributed by atoms with E-state index in [1.165, 1.54) is 16.5 Å². The molecule has 12 rings (SSSR count). The molecule has 4 nitrogen and oxygen atoms in total. The summed E-state index contributed by atoms with van der Waals surface area (Å²) in [5.41, 5.74) is 11.5. The Morgan fingerprint density at radius 1 is 0.407 bits per heavy atom. The Kier molecular flexibility index (Phi) is 7.65. The zero-order chi connectivity index (χ0) is 39.0. The SMILES string of the molecule is Brc1c(-c2cccc3ccccc23)oc2ccc(-c3ccc4c(c3)c3ccccc3n4-c3nc(-c4ccc(-c5ccccc5)cc4)c4ccc5ccccc5c4n3)cc12. The predicted octanol–water partition coefficient (Wildman–Crippen LogP) is 15.2. The van der Waals surface area contributed by atoms with Crippen LogP contribution >= 0.6 is 15.9 Å². The van der Waals surface area contributed by atoms with Gasteiger partial charge in [0.15, 0.2) is 0 Å². The van der Waals surface area contributed by atoms with Gasteiger partial charge < -0.3 is 4.42 Å². The van der Waals surface area contributed by atoms with Gasteiger partial charge in [-0.05, 0) is 90.7 Å². The Balaban J connectivity index is 1.03. The molecular weight excluding hydrogens is 787 g/mol. The standard InChI is InChI=1S/C54H32BrN3O/c55-50-46-32-39(27-30-49(46)59-53(50)43-19-10-15-35-13-4-6-16-40(35)43)38-26-29-48-45(31-38)42-18-8-9-20-47(42)58(48)54-56-51(37-23-21-34(22-24-37)33-11-2-1-3-12-33)44-28-25-36-14-5-7-17-41(36)52(44)57-54/h1-32H. The molecule has 0 aliphatic heterocycles. The average Bonchev–Trinajstić information content (AvgIpc) is 3.82. The number of hydrogen-bond acceptors (Lipinski definition) is 3. The fourth-order valence-electron chi connectivity index (χ4n) is 8.83. The molecule has 0 amide bonds. The van der Waals surface area contributed by atoms with Crippen LogP contribution in [0.25, 0.3) is 116 Å². The average molecular weight is 819 g/mol. The summed E-state index contributed by atoms with van der Waals surface area (Å²) in [6.45, 7) is 0. The second-order valence-electron chi connectivity index (χ2n) is 15.1. The van der Waals surface area contributed by atoms with Gasteiger partial charge in [-0.3, -0.25) is 4.57 Å². The molecule has 0 spiro atoms. The first-order chi connectivity index (χ1) is 29.2. The summed E-state index contributed by atoms with van der Waals surface area (Å²) >= 11 is 3.94. The van der Waals surface area contributed by atoms with Crippen LogP contribution in [0.4, 0.5) is 0 Å². The zero-order valence-corrected chi connectivity index (χ0v) is 33.2. The van der Waals surface area contributed by atoms with E-state index in [1.54, 1.807) is 0 Å². The van der Waals surface area contributed by atoms with Gasteiger partial charge in [0, 0.05) is 38.1 Å². The molecule has 59 heavy (non-hydrogen) atoms. The van der Waals surface area contributed by atoms with Crippen molar-refractivity contribution < 1.29 is 4.42 Å². The van der Waals surface area contributed by atoms with Crippen molar-refractivity contribution >= 4 is 81.2 Å². The minimum absolute atomic E-state index is 0.639. The Labute approximate surface area is 347 Å². The van der Waals surface area contributed by atoms with E-state index in [-0.39, 0.29) is 0 Å². The molecule has 0 atom stereocenters. The molecule has 0 saturated carbocycles. The number of para-hydroxylation sites is 1. The quantitative estimate of drug-likeness (QED) is 0.163. The number of nitrogens with zero attached hydrogens (tertiary/aromatic N) is 3. The molecule has 12 aromatic rings. The number of rotatable bonds is 5. The summed E-state index contributed by atoms with van der Waals surface area (Å²) in [5.74, 6) is 1.47. The van der Waals surface area contributed by atoms with E-state index in [0.29, 0.717) is 5.95 Å². The fraction of sp³-hybridized carbons (Fsp3) is 0. The first-order valence-electron chi connectivity index (χ1n) is 19.8. The van der Waals surface area contributed by atoms with Gasteiger partial charge >= 0.3 is 0 Å². The summed E-state index contributed by atoms with van der Waals surface area (Å²) in [7, 11) is 0. The highest BCUT2D eigenvalue weighted by Crippen LogP contribution is 2.43. The van der Waals surface area contributed by atoms with E-state index in [4.69, 9.17) is 14.4 Å². The number of benzene rings is 9. The second-order valence-corrected chi connectivity index (χ2v) is 15.9. The molecule has 276 valence electrons. The number of hydrogen-bond donors (Lipinski definition) is 0. The lowest BCUT2D eigenvalue weighted by Gasteiger charge is -2.14. The van der Waals surface area contributed by atoms with Crippen molar-refractivity contribution in [1.82, 2.24) is 14.5 Å². The van der Waals surface area contributed by atoms with E-state index in [0.717, 1.165) is 98.0 Å². The van der Waals surface area contributed by atoms with Crippen molar-refractivity contribution in [2.75, 3.05) is 0 Å². The maximum Gasteiger partial charge on any atom is 0.235 e. The van der Waals surface area contributed by atoms with Crippen molar-refractivity contribution in [3.05, 3.63) is 199 Å². The molecule has 0 saturated heterocycles. The third-order valence-electron chi connectivity index (χ3n) is 11.7. The Morgan fingerprint density at radius 2 is 1.02 bits per heavy atom. The van der Waals surface area contributed by atoms with Crippen molar-refractivity contribution in [2.45, 2.75) is 0 Å². The van der Waals surface area contributed by atoms with Crippen LogP contribution in [0.5, 0.6) is 0 Å². The predicted molar refractivity (Wildman–Crippen MR) is 248 cm³/mol. The summed E-state index contributed by atoms with van der Waals surface area (Å²) in [4.78, 5) is 10.8. The van der Waals surface area contributed by atoms with Crippen LogP contribution in [-0.2, 0) is 0 Å². The third-order valence-corrected chi connectivity index (χ3v) is 12.5. The second kappa shape index (κ2) is 13.4. The van der Waals surface area contributed by atoms with Crippen molar-refractivity contribution in [3.8, 4) is 50.8 Å². The Morgan fingerprint density at radius 3 is 1.85 bits per heavy atom. The molecule has 0 aliphatic rings. The summed E-state index contributed by atoms with van der Waals surface area (Å²) in [5, 5.41) is 8.92. The highest BCUT2D eigenvalue weighted by molar-refractivity contribution is 9.10. The highest BCUT2D eigenvalue weighted by Gasteiger charge is 2.21. The van der Waals surface area contributed by atoms with E-state index < -0.39 is 0 Å². The van der Waals surface area contributed by atoms with Crippen molar-refractivity contribution in [2.24, 2.45) is 0 Å². The van der Waals surface area contributed by atoms with Crippen LogP contribution in [0.15, 0.2) is 203 Å². The van der Waals surface area contributed by atoms with E-state index in [1.807, 2.05) is 6.07 Å². The van der Waals surface area contributed by atoms with Crippen LogP contribution in [0.2, 0.25) is 0 Å². The van der Waals surface area contributed by atoms with Gasteiger partial charge in [-0.15, -0.1) is 0 Å². The lowest BCUT2D eigenvalue weighted by molar-refractivity contribution is 0.630. The number of aromatic nitrogens is 3. The molecule has 3 aromatic heterocycles. The van der Waals surface area contributed by atoms with Gasteiger partial charge in [0.1, 0.15) is 11.3 Å². The van der Waals surface area contributed by atoms with Crippen molar-refractivity contribution in [3.63, 3.8) is 0 Å². The molecule has 9 aromatic carbocycles. The monoisotopic (exact) mass is 817 g/mol. The van der Waals surface area contributed by atoms with Gasteiger partial charge in [0.05, 0.1) is 26.7 Å². The zero-order valence-electron chi connectivity index (χ0n) is 31.6. The number of fused-ring (bicyclic) bond motifs is 8. The van der Waals surface area contributed by atoms with Gasteiger partial charge in [0.2, 0.25) is 5.95 Å². The Hall–Kier alpha value is -7.34. The minimum Gasteiger partial charge on any atom is -0.455 e. The van der Waals surface area contributed by atoms with E-state index in [9.17, 15) is 0 Å². The Bertz CT molecular complexity index is 3620. The maximum atomic E-state index is 6.52.